The average molecular weight is 273 g/mol. The highest BCUT2D eigenvalue weighted by atomic mass is 16.6. The number of hydrogen-bond donors (Lipinski definition) is 0. The predicted molar refractivity (Wildman–Crippen MR) is 69.1 cm³/mol. The lowest BCUT2D eigenvalue weighted by Crippen LogP contribution is -2.13. The zero-order valence-electron chi connectivity index (χ0n) is 11.7. The summed E-state index contributed by atoms with van der Waals surface area (Å²) in [5.41, 5.74) is 0.914. The summed E-state index contributed by atoms with van der Waals surface area (Å²) < 4.78 is 22.6. The van der Waals surface area contributed by atoms with Gasteiger partial charge in [0.2, 0.25) is 0 Å². The Morgan fingerprint density at radius 1 is 0.947 bits per heavy atom. The number of aryl methyl sites for hydroxylation is 1. The number of hydrogen-bond acceptors (Lipinski definition) is 6. The van der Waals surface area contributed by atoms with E-state index in [-0.39, 0.29) is 0 Å². The summed E-state index contributed by atoms with van der Waals surface area (Å²) in [6.45, 7) is 6.76. The summed E-state index contributed by atoms with van der Waals surface area (Å²) in [6, 6.07) is 0. The molecular weight excluding hydrogens is 250 g/mol. The van der Waals surface area contributed by atoms with Crippen molar-refractivity contribution in [2.24, 2.45) is 0 Å². The Kier molecular flexibility index (Phi) is 9.17. The molecule has 7 heteroatoms. The monoisotopic (exact) mass is 273 g/mol. The topological polar surface area (TPSA) is 67.6 Å². The second kappa shape index (κ2) is 10.9. The first kappa shape index (κ1) is 16.0. The van der Waals surface area contributed by atoms with E-state index in [1.807, 2.05) is 13.1 Å². The third-order valence-corrected chi connectivity index (χ3v) is 2.29. The number of nitrogens with zero attached hydrogens (tertiary/aromatic N) is 3. The highest BCUT2D eigenvalue weighted by Crippen LogP contribution is 1.89. The third-order valence-electron chi connectivity index (χ3n) is 2.29. The minimum Gasteiger partial charge on any atom is -0.382 e. The van der Waals surface area contributed by atoms with Crippen molar-refractivity contribution in [3.8, 4) is 0 Å². The minimum atomic E-state index is 0.573. The van der Waals surface area contributed by atoms with Crippen LogP contribution in [0.15, 0.2) is 6.20 Å². The largest absolute Gasteiger partial charge is 0.382 e. The second-order valence-electron chi connectivity index (χ2n) is 3.95. The second-order valence-corrected chi connectivity index (χ2v) is 3.95. The Hall–Kier alpha value is -1.02. The van der Waals surface area contributed by atoms with E-state index in [4.69, 9.17) is 18.9 Å². The molecule has 19 heavy (non-hydrogen) atoms. The van der Waals surface area contributed by atoms with E-state index in [0.29, 0.717) is 52.8 Å². The summed E-state index contributed by atoms with van der Waals surface area (Å²) in [6.07, 6.45) is 1.89. The lowest BCUT2D eigenvalue weighted by Gasteiger charge is -2.06. The molecule has 0 N–H and O–H groups in total. The molecule has 0 aliphatic rings. The molecule has 0 bridgehead atoms. The molecule has 0 atom stereocenters. The Balaban J connectivity index is 1.79. The normalized spacial score (nSPS) is 11.1. The van der Waals surface area contributed by atoms with Crippen molar-refractivity contribution in [2.45, 2.75) is 13.5 Å². The maximum absolute atomic E-state index is 5.42. The molecule has 0 saturated heterocycles. The lowest BCUT2D eigenvalue weighted by molar-refractivity contribution is 0.00244. The van der Waals surface area contributed by atoms with Gasteiger partial charge in [0.05, 0.1) is 58.5 Å². The molecule has 1 aromatic rings. The van der Waals surface area contributed by atoms with E-state index in [1.54, 1.807) is 11.8 Å². The molecule has 0 aromatic carbocycles. The van der Waals surface area contributed by atoms with E-state index in [0.717, 1.165) is 5.69 Å². The van der Waals surface area contributed by atoms with Gasteiger partial charge >= 0.3 is 0 Å². The van der Waals surface area contributed by atoms with Crippen LogP contribution in [0.1, 0.15) is 5.69 Å². The molecule has 0 unspecified atom stereocenters. The molecule has 1 heterocycles. The fourth-order valence-electron chi connectivity index (χ4n) is 1.35. The summed E-state index contributed by atoms with van der Waals surface area (Å²) >= 11 is 0. The van der Waals surface area contributed by atoms with Gasteiger partial charge < -0.3 is 18.9 Å². The molecule has 1 rings (SSSR count). The van der Waals surface area contributed by atoms with Crippen LogP contribution in [0.5, 0.6) is 0 Å². The van der Waals surface area contributed by atoms with Crippen molar-refractivity contribution in [1.82, 2.24) is 15.0 Å². The standard InChI is InChI=1S/C12H23N3O4/c1-12-11-15(14-13-12)3-4-17-7-8-19-10-9-18-6-5-16-2/h11H,3-10H2,1-2H3. The van der Waals surface area contributed by atoms with Crippen LogP contribution < -0.4 is 0 Å². The molecule has 0 aliphatic carbocycles. The van der Waals surface area contributed by atoms with Gasteiger partial charge in [-0.1, -0.05) is 5.21 Å². The van der Waals surface area contributed by atoms with Gasteiger partial charge in [0.15, 0.2) is 0 Å². The van der Waals surface area contributed by atoms with Gasteiger partial charge in [-0.15, -0.1) is 5.10 Å². The third kappa shape index (κ3) is 8.66. The minimum absolute atomic E-state index is 0.573. The van der Waals surface area contributed by atoms with Crippen molar-refractivity contribution in [2.75, 3.05) is 53.4 Å². The van der Waals surface area contributed by atoms with Crippen LogP contribution in [0, 0.1) is 6.92 Å². The van der Waals surface area contributed by atoms with Gasteiger partial charge in [0.1, 0.15) is 0 Å². The van der Waals surface area contributed by atoms with Crippen LogP contribution in [0.25, 0.3) is 0 Å². The molecule has 0 radical (unpaired) electrons. The van der Waals surface area contributed by atoms with E-state index in [2.05, 4.69) is 10.3 Å². The summed E-state index contributed by atoms with van der Waals surface area (Å²) in [5, 5.41) is 7.82. The van der Waals surface area contributed by atoms with Gasteiger partial charge in [0, 0.05) is 13.3 Å². The molecule has 0 saturated carbocycles. The highest BCUT2D eigenvalue weighted by molar-refractivity contribution is 4.86. The van der Waals surface area contributed by atoms with Crippen molar-refractivity contribution in [3.05, 3.63) is 11.9 Å². The van der Waals surface area contributed by atoms with Gasteiger partial charge in [-0.3, -0.25) is 0 Å². The number of methoxy groups -OCH3 is 1. The first-order valence-corrected chi connectivity index (χ1v) is 6.42. The molecule has 0 fully saturated rings. The molecular formula is C12H23N3O4. The summed E-state index contributed by atoms with van der Waals surface area (Å²) in [4.78, 5) is 0. The fourth-order valence-corrected chi connectivity index (χ4v) is 1.35. The van der Waals surface area contributed by atoms with Crippen LogP contribution in [0.2, 0.25) is 0 Å². The zero-order chi connectivity index (χ0) is 13.8. The first-order chi connectivity index (χ1) is 9.33. The lowest BCUT2D eigenvalue weighted by atomic mass is 10.5. The number of aromatic nitrogens is 3. The van der Waals surface area contributed by atoms with Crippen molar-refractivity contribution >= 4 is 0 Å². The van der Waals surface area contributed by atoms with Crippen LogP contribution in [0.3, 0.4) is 0 Å². The molecule has 110 valence electrons. The molecule has 7 nitrogen and oxygen atoms in total. The highest BCUT2D eigenvalue weighted by Gasteiger charge is 1.95. The van der Waals surface area contributed by atoms with Gasteiger partial charge in [-0.25, -0.2) is 4.68 Å². The van der Waals surface area contributed by atoms with Gasteiger partial charge in [-0.05, 0) is 6.92 Å². The van der Waals surface area contributed by atoms with E-state index in [9.17, 15) is 0 Å². The van der Waals surface area contributed by atoms with Crippen molar-refractivity contribution in [1.29, 1.82) is 0 Å². The number of rotatable bonds is 12. The van der Waals surface area contributed by atoms with Crippen molar-refractivity contribution in [3.63, 3.8) is 0 Å². The maximum Gasteiger partial charge on any atom is 0.0796 e. The molecule has 1 aromatic heterocycles. The summed E-state index contributed by atoms with van der Waals surface area (Å²) in [5.74, 6) is 0. The Bertz CT molecular complexity index is 320. The first-order valence-electron chi connectivity index (χ1n) is 6.42. The molecule has 0 spiro atoms. The Labute approximate surface area is 113 Å². The van der Waals surface area contributed by atoms with Crippen LogP contribution in [-0.4, -0.2) is 68.4 Å². The van der Waals surface area contributed by atoms with E-state index >= 15 is 0 Å². The molecule has 0 aliphatic heterocycles. The van der Waals surface area contributed by atoms with E-state index < -0.39 is 0 Å². The SMILES string of the molecule is COCCOCCOCCOCCn1cc(C)nn1. The van der Waals surface area contributed by atoms with Crippen LogP contribution in [0.4, 0.5) is 0 Å². The Morgan fingerprint density at radius 3 is 2.05 bits per heavy atom. The van der Waals surface area contributed by atoms with Crippen molar-refractivity contribution < 1.29 is 18.9 Å². The van der Waals surface area contributed by atoms with E-state index in [1.165, 1.54) is 0 Å². The van der Waals surface area contributed by atoms with Crippen LogP contribution >= 0.6 is 0 Å². The Morgan fingerprint density at radius 2 is 1.53 bits per heavy atom. The summed E-state index contributed by atoms with van der Waals surface area (Å²) in [7, 11) is 1.65. The maximum atomic E-state index is 5.42. The van der Waals surface area contributed by atoms with Gasteiger partial charge in [-0.2, -0.15) is 0 Å². The quantitative estimate of drug-likeness (QED) is 0.510. The molecule has 0 amide bonds. The smallest absolute Gasteiger partial charge is 0.0796 e. The van der Waals surface area contributed by atoms with Gasteiger partial charge in [0.25, 0.3) is 0 Å². The predicted octanol–water partition coefficient (Wildman–Crippen LogP) is 0.283. The average Bonchev–Trinajstić information content (AvgIpc) is 2.82. The number of ether oxygens (including phenoxy) is 4. The zero-order valence-corrected chi connectivity index (χ0v) is 11.7. The fraction of sp³-hybridized carbons (Fsp3) is 0.833. The van der Waals surface area contributed by atoms with Crippen LogP contribution in [-0.2, 0) is 25.5 Å².